The minimum absolute atomic E-state index is 0.611. The van der Waals surface area contributed by atoms with Gasteiger partial charge in [-0.05, 0) is 5.56 Å². The molecule has 0 amide bonds. The summed E-state index contributed by atoms with van der Waals surface area (Å²) in [4.78, 5) is 3.97. The number of aromatic nitrogens is 5. The van der Waals surface area contributed by atoms with Gasteiger partial charge >= 0.3 is 0 Å². The molecule has 0 aliphatic carbocycles. The van der Waals surface area contributed by atoms with Crippen molar-refractivity contribution in [2.45, 2.75) is 0 Å². The molecule has 1 radical (unpaired) electrons. The molecule has 2 heterocycles. The maximum absolute atomic E-state index is 4.16. The highest BCUT2D eigenvalue weighted by atomic mass is 15.2. The van der Waals surface area contributed by atoms with E-state index in [0.717, 1.165) is 16.8 Å². The largest absolute Gasteiger partial charge is 0.284 e. The maximum Gasteiger partial charge on any atom is 0.221 e. The molecule has 0 aliphatic heterocycles. The summed E-state index contributed by atoms with van der Waals surface area (Å²) in [6.45, 7) is 0. The van der Waals surface area contributed by atoms with Crippen LogP contribution in [0.15, 0.2) is 36.5 Å². The van der Waals surface area contributed by atoms with Gasteiger partial charge in [-0.3, -0.25) is 10.2 Å². The van der Waals surface area contributed by atoms with Crippen LogP contribution in [-0.2, 0) is 0 Å². The van der Waals surface area contributed by atoms with Gasteiger partial charge in [-0.25, -0.2) is 4.98 Å². The molecule has 0 atom stereocenters. The summed E-state index contributed by atoms with van der Waals surface area (Å²) in [5, 5.41) is 13.4. The Kier molecular flexibility index (Phi) is 2.00. The van der Waals surface area contributed by atoms with Gasteiger partial charge in [0.1, 0.15) is 5.69 Å². The summed E-state index contributed by atoms with van der Waals surface area (Å²) in [5.74, 6) is 0.611. The molecule has 0 unspecified atom stereocenters. The van der Waals surface area contributed by atoms with E-state index in [9.17, 15) is 0 Å². The Bertz CT molecular complexity index is 567. The lowest BCUT2D eigenvalue weighted by Gasteiger charge is -1.98. The van der Waals surface area contributed by atoms with Gasteiger partial charge in [0, 0.05) is 11.8 Å². The van der Waals surface area contributed by atoms with Gasteiger partial charge in [0.2, 0.25) is 6.33 Å². The highest BCUT2D eigenvalue weighted by Gasteiger charge is 2.12. The van der Waals surface area contributed by atoms with Crippen molar-refractivity contribution in [3.63, 3.8) is 0 Å². The topological polar surface area (TPSA) is 70.2 Å². The van der Waals surface area contributed by atoms with Crippen LogP contribution >= 0.6 is 0 Å². The van der Waals surface area contributed by atoms with Gasteiger partial charge in [-0.2, -0.15) is 5.10 Å². The third-order valence-corrected chi connectivity index (χ3v) is 2.32. The third-order valence-electron chi connectivity index (χ3n) is 2.32. The van der Waals surface area contributed by atoms with Crippen molar-refractivity contribution in [3.05, 3.63) is 42.9 Å². The molecule has 5 nitrogen and oxygen atoms in total. The molecule has 2 aromatic heterocycles. The predicted molar refractivity (Wildman–Crippen MR) is 58.2 cm³/mol. The van der Waals surface area contributed by atoms with E-state index in [1.54, 1.807) is 0 Å². The summed E-state index contributed by atoms with van der Waals surface area (Å²) < 4.78 is 0. The van der Waals surface area contributed by atoms with E-state index in [2.05, 4.69) is 31.7 Å². The molecular weight excluding hydrogens is 202 g/mol. The van der Waals surface area contributed by atoms with Crippen LogP contribution in [0.4, 0.5) is 0 Å². The number of aromatic amines is 2. The van der Waals surface area contributed by atoms with E-state index >= 15 is 0 Å². The molecule has 0 aliphatic rings. The number of rotatable bonds is 2. The number of benzene rings is 1. The van der Waals surface area contributed by atoms with Gasteiger partial charge in [0.05, 0.1) is 0 Å². The van der Waals surface area contributed by atoms with Crippen LogP contribution in [0.5, 0.6) is 0 Å². The van der Waals surface area contributed by atoms with E-state index in [4.69, 9.17) is 0 Å². The van der Waals surface area contributed by atoms with Crippen LogP contribution in [-0.4, -0.2) is 25.4 Å². The Morgan fingerprint density at radius 1 is 1.12 bits per heavy atom. The Hall–Kier alpha value is -2.43. The standard InChI is InChI=1S/C11H8N5/c1-2-4-8(5-3-1)9-6-13-15-10(9)11-12-7-14-16-11/h1-6H,(H,13,15)(H,12,14,16). The van der Waals surface area contributed by atoms with Crippen LogP contribution < -0.4 is 0 Å². The van der Waals surface area contributed by atoms with Crippen molar-refractivity contribution in [1.29, 1.82) is 0 Å². The molecule has 0 saturated carbocycles. The molecular formula is C11H8N5. The average Bonchev–Trinajstić information content (AvgIpc) is 3.01. The summed E-state index contributed by atoms with van der Waals surface area (Å²) in [5.41, 5.74) is 2.83. The van der Waals surface area contributed by atoms with Gasteiger partial charge in [0.15, 0.2) is 5.82 Å². The van der Waals surface area contributed by atoms with Crippen molar-refractivity contribution in [2.75, 3.05) is 0 Å². The minimum Gasteiger partial charge on any atom is -0.284 e. The first-order valence-electron chi connectivity index (χ1n) is 4.83. The second-order valence-corrected chi connectivity index (χ2v) is 3.30. The molecule has 2 N–H and O–H groups in total. The fraction of sp³-hybridized carbons (Fsp3) is 0. The molecule has 0 spiro atoms. The van der Waals surface area contributed by atoms with E-state index in [0.29, 0.717) is 5.82 Å². The summed E-state index contributed by atoms with van der Waals surface area (Å²) >= 11 is 0. The smallest absolute Gasteiger partial charge is 0.221 e. The second-order valence-electron chi connectivity index (χ2n) is 3.30. The Morgan fingerprint density at radius 2 is 2.00 bits per heavy atom. The zero-order valence-corrected chi connectivity index (χ0v) is 8.31. The highest BCUT2D eigenvalue weighted by Crippen LogP contribution is 2.26. The van der Waals surface area contributed by atoms with Crippen LogP contribution in [0.1, 0.15) is 0 Å². The molecule has 0 saturated heterocycles. The highest BCUT2D eigenvalue weighted by molar-refractivity contribution is 5.76. The summed E-state index contributed by atoms with van der Waals surface area (Å²) in [6, 6.07) is 9.99. The molecule has 0 fully saturated rings. The predicted octanol–water partition coefficient (Wildman–Crippen LogP) is 1.66. The van der Waals surface area contributed by atoms with E-state index < -0.39 is 0 Å². The van der Waals surface area contributed by atoms with Gasteiger partial charge in [0.25, 0.3) is 0 Å². The fourth-order valence-electron chi connectivity index (χ4n) is 1.59. The van der Waals surface area contributed by atoms with Crippen LogP contribution in [0.2, 0.25) is 0 Å². The number of nitrogens with one attached hydrogen (secondary N) is 2. The Balaban J connectivity index is 2.14. The lowest BCUT2D eigenvalue weighted by atomic mass is 10.1. The fourth-order valence-corrected chi connectivity index (χ4v) is 1.59. The number of H-pyrrole nitrogens is 2. The average molecular weight is 210 g/mol. The van der Waals surface area contributed by atoms with E-state index in [1.807, 2.05) is 36.5 Å². The minimum atomic E-state index is 0.611. The molecule has 1 aromatic carbocycles. The number of hydrogen-bond donors (Lipinski definition) is 2. The zero-order chi connectivity index (χ0) is 10.8. The molecule has 77 valence electrons. The lowest BCUT2D eigenvalue weighted by molar-refractivity contribution is 1.05. The van der Waals surface area contributed by atoms with Gasteiger partial charge in [-0.1, -0.05) is 30.3 Å². The second kappa shape index (κ2) is 3.62. The maximum atomic E-state index is 4.16. The van der Waals surface area contributed by atoms with E-state index in [-0.39, 0.29) is 0 Å². The summed E-state index contributed by atoms with van der Waals surface area (Å²) in [7, 11) is 0. The van der Waals surface area contributed by atoms with Crippen molar-refractivity contribution >= 4 is 0 Å². The van der Waals surface area contributed by atoms with Crippen molar-refractivity contribution in [3.8, 4) is 22.6 Å². The van der Waals surface area contributed by atoms with Crippen LogP contribution in [0.3, 0.4) is 0 Å². The number of nitrogens with zero attached hydrogens (tertiary/aromatic N) is 3. The first kappa shape index (κ1) is 8.84. The third kappa shape index (κ3) is 1.38. The summed E-state index contributed by atoms with van der Waals surface area (Å²) in [6.07, 6.45) is 4.33. The Labute approximate surface area is 91.6 Å². The first-order valence-corrected chi connectivity index (χ1v) is 4.83. The molecule has 3 rings (SSSR count). The first-order chi connectivity index (χ1) is 7.95. The van der Waals surface area contributed by atoms with E-state index in [1.165, 1.54) is 0 Å². The molecule has 16 heavy (non-hydrogen) atoms. The normalized spacial score (nSPS) is 10.5. The van der Waals surface area contributed by atoms with Crippen molar-refractivity contribution in [2.24, 2.45) is 0 Å². The molecule has 5 heteroatoms. The van der Waals surface area contributed by atoms with Crippen molar-refractivity contribution < 1.29 is 0 Å². The quantitative estimate of drug-likeness (QED) is 0.675. The zero-order valence-electron chi connectivity index (χ0n) is 8.31. The van der Waals surface area contributed by atoms with Gasteiger partial charge in [-0.15, -0.1) is 5.10 Å². The SMILES string of the molecule is [c]1n[nH]c(-c2n[nH]cc2-c2ccccc2)n1. The lowest BCUT2D eigenvalue weighted by Crippen LogP contribution is -1.84. The van der Waals surface area contributed by atoms with Gasteiger partial charge < -0.3 is 0 Å². The monoisotopic (exact) mass is 210 g/mol. The molecule has 3 aromatic rings. The molecule has 0 bridgehead atoms. The Morgan fingerprint density at radius 3 is 2.75 bits per heavy atom. The van der Waals surface area contributed by atoms with Crippen molar-refractivity contribution in [1.82, 2.24) is 25.4 Å². The van der Waals surface area contributed by atoms with Crippen LogP contribution in [0.25, 0.3) is 22.6 Å². The van der Waals surface area contributed by atoms with Crippen LogP contribution in [0, 0.1) is 6.33 Å². The number of hydrogen-bond acceptors (Lipinski definition) is 3.